The van der Waals surface area contributed by atoms with E-state index in [2.05, 4.69) is 50.0 Å². The van der Waals surface area contributed by atoms with Crippen LogP contribution in [0, 0.1) is 5.92 Å². The van der Waals surface area contributed by atoms with Crippen LogP contribution in [0.5, 0.6) is 5.75 Å². The Morgan fingerprint density at radius 2 is 1.92 bits per heavy atom. The van der Waals surface area contributed by atoms with Crippen LogP contribution in [-0.2, 0) is 21.4 Å². The third-order valence-electron chi connectivity index (χ3n) is 6.62. The Bertz CT molecular complexity index is 1140. The predicted molar refractivity (Wildman–Crippen MR) is 145 cm³/mol. The van der Waals surface area contributed by atoms with Gasteiger partial charge in [0, 0.05) is 28.1 Å². The molecule has 6 nitrogen and oxygen atoms in total. The van der Waals surface area contributed by atoms with Crippen LogP contribution < -0.4 is 0 Å². The first kappa shape index (κ1) is 27.9. The molecule has 2 aromatic carbocycles. The predicted octanol–water partition coefficient (Wildman–Crippen LogP) is 7.14. The zero-order valence-electron chi connectivity index (χ0n) is 22.0. The number of aromatic nitrogens is 3. The van der Waals surface area contributed by atoms with E-state index < -0.39 is 6.10 Å². The van der Waals surface area contributed by atoms with Gasteiger partial charge in [-0.3, -0.25) is 0 Å². The highest BCUT2D eigenvalue weighted by Gasteiger charge is 2.25. The average molecular weight is 512 g/mol. The second-order valence-corrected chi connectivity index (χ2v) is 10.9. The maximum Gasteiger partial charge on any atom is 0.149 e. The quantitative estimate of drug-likeness (QED) is 0.252. The van der Waals surface area contributed by atoms with E-state index in [0.717, 1.165) is 47.8 Å². The number of halogens is 1. The molecule has 0 aliphatic carbocycles. The zero-order valence-corrected chi connectivity index (χ0v) is 22.7. The first-order chi connectivity index (χ1) is 17.2. The normalized spacial score (nSPS) is 13.5. The van der Waals surface area contributed by atoms with Crippen molar-refractivity contribution in [3.8, 4) is 28.1 Å². The van der Waals surface area contributed by atoms with Crippen molar-refractivity contribution in [3.63, 3.8) is 0 Å². The summed E-state index contributed by atoms with van der Waals surface area (Å²) in [6.07, 6.45) is 6.85. The number of H-pyrrole nitrogens is 1. The molecule has 0 aliphatic rings. The molecule has 7 heteroatoms. The molecule has 0 amide bonds. The van der Waals surface area contributed by atoms with E-state index in [9.17, 15) is 9.90 Å². The monoisotopic (exact) mass is 511 g/mol. The lowest BCUT2D eigenvalue weighted by Crippen LogP contribution is -2.22. The summed E-state index contributed by atoms with van der Waals surface area (Å²) >= 11 is 6.31. The Hall–Kier alpha value is -2.70. The minimum Gasteiger partial charge on any atom is -0.507 e. The molecule has 0 fully saturated rings. The van der Waals surface area contributed by atoms with Crippen LogP contribution in [0.1, 0.15) is 71.4 Å². The average Bonchev–Trinajstić information content (AvgIpc) is 3.38. The van der Waals surface area contributed by atoms with E-state index in [-0.39, 0.29) is 11.2 Å². The number of hydrogen-bond donors (Lipinski definition) is 2. The Kier molecular flexibility index (Phi) is 9.69. The molecule has 2 atom stereocenters. The van der Waals surface area contributed by atoms with Crippen LogP contribution in [-0.4, -0.2) is 39.5 Å². The molecule has 194 valence electrons. The molecular weight excluding hydrogens is 474 g/mol. The van der Waals surface area contributed by atoms with Crippen molar-refractivity contribution in [1.82, 2.24) is 15.4 Å². The fourth-order valence-electron chi connectivity index (χ4n) is 4.42. The first-order valence-corrected chi connectivity index (χ1v) is 13.1. The van der Waals surface area contributed by atoms with Crippen molar-refractivity contribution in [2.24, 2.45) is 5.92 Å². The number of carbonyl (C=O) groups is 1. The van der Waals surface area contributed by atoms with Gasteiger partial charge in [0.25, 0.3) is 0 Å². The zero-order chi connectivity index (χ0) is 26.3. The van der Waals surface area contributed by atoms with E-state index in [0.29, 0.717) is 35.2 Å². The first-order valence-electron chi connectivity index (χ1n) is 12.8. The summed E-state index contributed by atoms with van der Waals surface area (Å²) in [5, 5.41) is 22.8. The summed E-state index contributed by atoms with van der Waals surface area (Å²) in [5.74, 6) is 0.652. The summed E-state index contributed by atoms with van der Waals surface area (Å²) in [4.78, 5) is 12.0. The number of unbranched alkanes of at least 4 members (excludes halogenated alkanes) is 1. The molecule has 0 aliphatic heterocycles. The largest absolute Gasteiger partial charge is 0.507 e. The molecule has 1 aromatic heterocycles. The third-order valence-corrected chi connectivity index (χ3v) is 6.85. The highest BCUT2D eigenvalue weighted by Crippen LogP contribution is 2.43. The number of aldehydes is 1. The maximum atomic E-state index is 12.0. The lowest BCUT2D eigenvalue weighted by Gasteiger charge is -2.25. The van der Waals surface area contributed by atoms with Gasteiger partial charge in [0.15, 0.2) is 0 Å². The van der Waals surface area contributed by atoms with Crippen molar-refractivity contribution in [2.45, 2.75) is 78.2 Å². The van der Waals surface area contributed by atoms with Crippen LogP contribution >= 0.6 is 11.6 Å². The van der Waals surface area contributed by atoms with Crippen molar-refractivity contribution in [2.75, 3.05) is 6.61 Å². The van der Waals surface area contributed by atoms with Gasteiger partial charge in [-0.05, 0) is 47.1 Å². The number of nitrogens with one attached hydrogen (secondary N) is 1. The van der Waals surface area contributed by atoms with Gasteiger partial charge >= 0.3 is 0 Å². The van der Waals surface area contributed by atoms with Crippen molar-refractivity contribution < 1.29 is 14.6 Å². The standard InChI is InChI=1S/C29H38ClN3O3/c1-6-8-9-19(7-2)18-36-22(17-34)12-20-13-25(28(35)26(14-20)29(3,4)5)23-11-10-21(30)15-24(23)27-16-31-33-32-27/h10-11,13-17,19,22,35H,6-9,12,18H2,1-5H3,(H,31,32,33). The number of phenols is 1. The number of hydrogen-bond acceptors (Lipinski definition) is 5. The molecule has 0 saturated heterocycles. The number of benzene rings is 2. The minimum atomic E-state index is -0.550. The van der Waals surface area contributed by atoms with Crippen molar-refractivity contribution >= 4 is 17.9 Å². The van der Waals surface area contributed by atoms with Gasteiger partial charge < -0.3 is 14.6 Å². The molecule has 2 unspecified atom stereocenters. The Balaban J connectivity index is 2.00. The second kappa shape index (κ2) is 12.5. The molecule has 2 N–H and O–H groups in total. The van der Waals surface area contributed by atoms with Gasteiger partial charge in [0.2, 0.25) is 0 Å². The number of aromatic amines is 1. The molecule has 0 radical (unpaired) electrons. The Labute approximate surface area is 219 Å². The molecule has 0 bridgehead atoms. The van der Waals surface area contributed by atoms with Crippen LogP contribution in [0.2, 0.25) is 5.02 Å². The number of aromatic hydroxyl groups is 1. The summed E-state index contributed by atoms with van der Waals surface area (Å²) < 4.78 is 6.07. The van der Waals surface area contributed by atoms with E-state index in [4.69, 9.17) is 16.3 Å². The van der Waals surface area contributed by atoms with Crippen molar-refractivity contribution in [1.29, 1.82) is 0 Å². The van der Waals surface area contributed by atoms with Gasteiger partial charge in [-0.15, -0.1) is 0 Å². The van der Waals surface area contributed by atoms with Crippen LogP contribution in [0.3, 0.4) is 0 Å². The van der Waals surface area contributed by atoms with Crippen LogP contribution in [0.15, 0.2) is 36.5 Å². The van der Waals surface area contributed by atoms with Crippen molar-refractivity contribution in [3.05, 3.63) is 52.7 Å². The Morgan fingerprint density at radius 3 is 2.53 bits per heavy atom. The topological polar surface area (TPSA) is 88.1 Å². The summed E-state index contributed by atoms with van der Waals surface area (Å²) in [5.41, 5.74) is 4.23. The smallest absolute Gasteiger partial charge is 0.149 e. The van der Waals surface area contributed by atoms with E-state index in [1.54, 1.807) is 12.3 Å². The number of nitrogens with zero attached hydrogens (tertiary/aromatic N) is 2. The third kappa shape index (κ3) is 6.95. The Morgan fingerprint density at radius 1 is 1.14 bits per heavy atom. The van der Waals surface area contributed by atoms with Crippen LogP contribution in [0.25, 0.3) is 22.4 Å². The molecule has 0 saturated carbocycles. The van der Waals surface area contributed by atoms with Crippen LogP contribution in [0.4, 0.5) is 0 Å². The van der Waals surface area contributed by atoms with Gasteiger partial charge in [0.1, 0.15) is 23.8 Å². The highest BCUT2D eigenvalue weighted by atomic mass is 35.5. The van der Waals surface area contributed by atoms with Gasteiger partial charge in [0.05, 0.1) is 12.8 Å². The van der Waals surface area contributed by atoms with Gasteiger partial charge in [-0.1, -0.05) is 77.6 Å². The molecule has 3 rings (SSSR count). The molecule has 3 aromatic rings. The van der Waals surface area contributed by atoms with Gasteiger partial charge in [-0.25, -0.2) is 0 Å². The fraction of sp³-hybridized carbons (Fsp3) is 0.483. The highest BCUT2D eigenvalue weighted by molar-refractivity contribution is 6.31. The van der Waals surface area contributed by atoms with E-state index in [1.807, 2.05) is 24.3 Å². The number of ether oxygens (including phenoxy) is 1. The summed E-state index contributed by atoms with van der Waals surface area (Å²) in [7, 11) is 0. The molecule has 0 spiro atoms. The van der Waals surface area contributed by atoms with E-state index in [1.165, 1.54) is 6.42 Å². The second-order valence-electron chi connectivity index (χ2n) is 10.5. The number of carbonyl (C=O) groups excluding carboxylic acids is 1. The minimum absolute atomic E-state index is 0.201. The number of phenolic OH excluding ortho intramolecular Hbond substituents is 1. The summed E-state index contributed by atoms with van der Waals surface area (Å²) in [6.45, 7) is 11.1. The summed E-state index contributed by atoms with van der Waals surface area (Å²) in [6, 6.07) is 9.41. The lowest BCUT2D eigenvalue weighted by atomic mass is 9.82. The van der Waals surface area contributed by atoms with E-state index >= 15 is 0 Å². The fourth-order valence-corrected chi connectivity index (χ4v) is 4.59. The number of rotatable bonds is 12. The molecule has 1 heterocycles. The molecular formula is C29H38ClN3O3. The SMILES string of the molecule is CCCCC(CC)COC(C=O)Cc1cc(-c2ccc(Cl)cc2-c2cn[nH]n2)c(O)c(C(C)(C)C)c1. The molecule has 36 heavy (non-hydrogen) atoms. The lowest BCUT2D eigenvalue weighted by molar-refractivity contribution is -0.119. The maximum absolute atomic E-state index is 12.0. The van der Waals surface area contributed by atoms with Gasteiger partial charge in [-0.2, -0.15) is 15.4 Å².